The molecule has 1 N–H and O–H groups in total. The summed E-state index contributed by atoms with van der Waals surface area (Å²) in [5, 5.41) is 13.4. The van der Waals surface area contributed by atoms with Gasteiger partial charge in [-0.1, -0.05) is 42.2 Å². The van der Waals surface area contributed by atoms with Crippen LogP contribution in [0.5, 0.6) is 0 Å². The lowest BCUT2D eigenvalue weighted by molar-refractivity contribution is -0.255. The van der Waals surface area contributed by atoms with E-state index in [1.165, 1.54) is 23.9 Å². The number of carbonyl (C=O) groups is 2. The maximum atomic E-state index is 11.6. The van der Waals surface area contributed by atoms with Crippen molar-refractivity contribution in [3.05, 3.63) is 52.6 Å². The first-order valence-electron chi connectivity index (χ1n) is 6.19. The Morgan fingerprint density at radius 1 is 1.32 bits per heavy atom. The molecule has 3 rings (SSSR count). The zero-order valence-electron chi connectivity index (χ0n) is 11.0. The first kappa shape index (κ1) is 14.6. The summed E-state index contributed by atoms with van der Waals surface area (Å²) < 4.78 is 6.03. The third-order valence-electron chi connectivity index (χ3n) is 2.92. The van der Waals surface area contributed by atoms with Gasteiger partial charge in [0, 0.05) is 11.6 Å². The molecule has 0 radical (unpaired) electrons. The van der Waals surface area contributed by atoms with Gasteiger partial charge in [0.1, 0.15) is 15.8 Å². The van der Waals surface area contributed by atoms with Crippen LogP contribution in [0.25, 0.3) is 17.4 Å². The standard InChI is InChI=1S/C15H9NO4S2/c17-13-12(22-15(21)16-13)7-10-4-5-11(20-10)8-2-1-3-9(6-8)14(18)19/h1-7H,(H,18,19)(H,16,17,21)/p-1/b12-7+. The lowest BCUT2D eigenvalue weighted by Gasteiger charge is -2.03. The minimum Gasteiger partial charge on any atom is -0.545 e. The molecule has 1 aliphatic heterocycles. The van der Waals surface area contributed by atoms with E-state index in [1.807, 2.05) is 0 Å². The van der Waals surface area contributed by atoms with Crippen molar-refractivity contribution in [2.75, 3.05) is 0 Å². The highest BCUT2D eigenvalue weighted by Crippen LogP contribution is 2.28. The van der Waals surface area contributed by atoms with Gasteiger partial charge >= 0.3 is 0 Å². The van der Waals surface area contributed by atoms with E-state index in [4.69, 9.17) is 16.6 Å². The largest absolute Gasteiger partial charge is 0.545 e. The topological polar surface area (TPSA) is 82.4 Å². The van der Waals surface area contributed by atoms with Crippen molar-refractivity contribution in [2.24, 2.45) is 0 Å². The third-order valence-corrected chi connectivity index (χ3v) is 4.09. The number of aromatic carboxylic acids is 1. The number of hydrogen-bond donors (Lipinski definition) is 1. The Morgan fingerprint density at radius 2 is 2.14 bits per heavy atom. The minimum absolute atomic E-state index is 0.0740. The van der Waals surface area contributed by atoms with Gasteiger partial charge in [-0.15, -0.1) is 0 Å². The Labute approximate surface area is 135 Å². The van der Waals surface area contributed by atoms with Gasteiger partial charge in [0.05, 0.1) is 10.9 Å². The van der Waals surface area contributed by atoms with Crippen molar-refractivity contribution < 1.29 is 19.1 Å². The van der Waals surface area contributed by atoms with Crippen LogP contribution in [-0.4, -0.2) is 16.2 Å². The number of thiocarbonyl (C=S) groups is 1. The molecule has 5 nitrogen and oxygen atoms in total. The Balaban J connectivity index is 1.90. The summed E-state index contributed by atoms with van der Waals surface area (Å²) in [5.41, 5.74) is 0.690. The number of carboxylic acids is 1. The highest BCUT2D eigenvalue weighted by Gasteiger charge is 2.22. The van der Waals surface area contributed by atoms with Crippen LogP contribution in [0.4, 0.5) is 0 Å². The highest BCUT2D eigenvalue weighted by molar-refractivity contribution is 8.26. The summed E-state index contributed by atoms with van der Waals surface area (Å²) >= 11 is 6.07. The smallest absolute Gasteiger partial charge is 0.263 e. The van der Waals surface area contributed by atoms with Crippen LogP contribution in [0, 0.1) is 0 Å². The lowest BCUT2D eigenvalue weighted by Crippen LogP contribution is -2.22. The molecule has 0 aliphatic carbocycles. The van der Waals surface area contributed by atoms with Crippen molar-refractivity contribution in [3.8, 4) is 11.3 Å². The van der Waals surface area contributed by atoms with Crippen molar-refractivity contribution in [1.29, 1.82) is 0 Å². The monoisotopic (exact) mass is 330 g/mol. The van der Waals surface area contributed by atoms with E-state index in [2.05, 4.69) is 5.32 Å². The number of nitrogens with one attached hydrogen (secondary N) is 1. The summed E-state index contributed by atoms with van der Waals surface area (Å²) in [5.74, 6) is -0.521. The second kappa shape index (κ2) is 5.78. The molecule has 22 heavy (non-hydrogen) atoms. The van der Waals surface area contributed by atoms with Gasteiger partial charge in [-0.2, -0.15) is 0 Å². The summed E-state index contributed by atoms with van der Waals surface area (Å²) in [4.78, 5) is 22.9. The van der Waals surface area contributed by atoms with E-state index >= 15 is 0 Å². The van der Waals surface area contributed by atoms with Crippen LogP contribution in [0.2, 0.25) is 0 Å². The quantitative estimate of drug-likeness (QED) is 0.682. The van der Waals surface area contributed by atoms with Crippen molar-refractivity contribution in [2.45, 2.75) is 0 Å². The summed E-state index contributed by atoms with van der Waals surface area (Å²) in [6.07, 6.45) is 1.59. The van der Waals surface area contributed by atoms with E-state index in [1.54, 1.807) is 30.3 Å². The average Bonchev–Trinajstić information content (AvgIpc) is 3.06. The van der Waals surface area contributed by atoms with Crippen LogP contribution >= 0.6 is 24.0 Å². The van der Waals surface area contributed by atoms with Crippen LogP contribution in [0.3, 0.4) is 0 Å². The van der Waals surface area contributed by atoms with E-state index in [9.17, 15) is 14.7 Å². The normalized spacial score (nSPS) is 16.1. The van der Waals surface area contributed by atoms with E-state index in [0.717, 1.165) is 0 Å². The molecule has 1 aliphatic rings. The number of carboxylic acid groups (broad SMARTS) is 1. The first-order chi connectivity index (χ1) is 10.5. The molecule has 0 atom stereocenters. The van der Waals surface area contributed by atoms with Crippen LogP contribution in [-0.2, 0) is 4.79 Å². The number of thioether (sulfide) groups is 1. The molecule has 0 saturated carbocycles. The van der Waals surface area contributed by atoms with Gasteiger partial charge in [-0.25, -0.2) is 0 Å². The van der Waals surface area contributed by atoms with Gasteiger partial charge < -0.3 is 19.6 Å². The molecule has 1 amide bonds. The van der Waals surface area contributed by atoms with Gasteiger partial charge in [0.25, 0.3) is 5.91 Å². The zero-order valence-corrected chi connectivity index (χ0v) is 12.6. The molecule has 1 aromatic carbocycles. The fourth-order valence-electron chi connectivity index (χ4n) is 1.94. The highest BCUT2D eigenvalue weighted by atomic mass is 32.2. The minimum atomic E-state index is -1.25. The Kier molecular flexibility index (Phi) is 3.82. The van der Waals surface area contributed by atoms with Gasteiger partial charge in [0.15, 0.2) is 0 Å². The third kappa shape index (κ3) is 2.95. The molecule has 0 spiro atoms. The second-order valence-electron chi connectivity index (χ2n) is 4.42. The summed E-state index contributed by atoms with van der Waals surface area (Å²) in [6.45, 7) is 0. The maximum absolute atomic E-state index is 11.6. The molecule has 2 aromatic rings. The van der Waals surface area contributed by atoms with Crippen molar-refractivity contribution in [3.63, 3.8) is 0 Å². The average molecular weight is 330 g/mol. The Bertz CT molecular complexity index is 822. The van der Waals surface area contributed by atoms with E-state index in [0.29, 0.717) is 26.3 Å². The van der Waals surface area contributed by atoms with E-state index in [-0.39, 0.29) is 11.5 Å². The number of benzene rings is 1. The molecule has 0 unspecified atom stereocenters. The molecule has 1 aromatic heterocycles. The molecule has 0 bridgehead atoms. The second-order valence-corrected chi connectivity index (χ2v) is 6.14. The molecular weight excluding hydrogens is 322 g/mol. The fourth-order valence-corrected chi connectivity index (χ4v) is 2.96. The van der Waals surface area contributed by atoms with Crippen LogP contribution in [0.15, 0.2) is 45.7 Å². The predicted octanol–water partition coefficient (Wildman–Crippen LogP) is 1.80. The van der Waals surface area contributed by atoms with E-state index < -0.39 is 5.97 Å². The van der Waals surface area contributed by atoms with Crippen molar-refractivity contribution >= 4 is 46.3 Å². The number of amides is 1. The number of rotatable bonds is 3. The molecule has 7 heteroatoms. The fraction of sp³-hybridized carbons (Fsp3) is 0. The van der Waals surface area contributed by atoms with Gasteiger partial charge in [-0.05, 0) is 23.8 Å². The molecule has 1 fully saturated rings. The summed E-state index contributed by atoms with van der Waals surface area (Å²) in [6, 6.07) is 9.66. The molecule has 110 valence electrons. The summed E-state index contributed by atoms with van der Waals surface area (Å²) in [7, 11) is 0. The number of carbonyl (C=O) groups excluding carboxylic acids is 2. The Morgan fingerprint density at radius 3 is 2.82 bits per heavy atom. The van der Waals surface area contributed by atoms with Crippen LogP contribution < -0.4 is 10.4 Å². The zero-order chi connectivity index (χ0) is 15.7. The first-order valence-corrected chi connectivity index (χ1v) is 7.42. The lowest BCUT2D eigenvalue weighted by atomic mass is 10.1. The van der Waals surface area contributed by atoms with Gasteiger partial charge in [-0.3, -0.25) is 4.79 Å². The number of furan rings is 1. The van der Waals surface area contributed by atoms with Crippen LogP contribution in [0.1, 0.15) is 16.1 Å². The van der Waals surface area contributed by atoms with Crippen molar-refractivity contribution in [1.82, 2.24) is 5.32 Å². The maximum Gasteiger partial charge on any atom is 0.263 e. The Hall–Kier alpha value is -2.38. The molecule has 1 saturated heterocycles. The SMILES string of the molecule is O=C1NC(=S)S/C1=C/c1ccc(-c2cccc(C(=O)[O-])c2)o1. The molecule has 2 heterocycles. The van der Waals surface area contributed by atoms with Gasteiger partial charge in [0.2, 0.25) is 0 Å². The number of hydrogen-bond acceptors (Lipinski definition) is 6. The molecular formula is C15H8NO4S2-. The predicted molar refractivity (Wildman–Crippen MR) is 84.8 cm³/mol.